The number of aliphatic hydroxyl groups excluding tert-OH is 1. The lowest BCUT2D eigenvalue weighted by Crippen LogP contribution is -2.37. The zero-order valence-electron chi connectivity index (χ0n) is 11.9. The van der Waals surface area contributed by atoms with Crippen molar-refractivity contribution in [3.8, 4) is 0 Å². The van der Waals surface area contributed by atoms with Crippen LogP contribution in [0.25, 0.3) is 0 Å². The highest BCUT2D eigenvalue weighted by Gasteiger charge is 2.17. The molecule has 0 aliphatic heterocycles. The van der Waals surface area contributed by atoms with Gasteiger partial charge in [0, 0.05) is 26.7 Å². The number of hydrogen-bond acceptors (Lipinski definition) is 6. The number of anilines is 2. The molecule has 0 amide bonds. The highest BCUT2D eigenvalue weighted by molar-refractivity contribution is 5.38. The van der Waals surface area contributed by atoms with Crippen LogP contribution in [-0.4, -0.2) is 53.3 Å². The molecule has 0 aliphatic rings. The number of aryl methyl sites for hydroxylation is 1. The van der Waals surface area contributed by atoms with E-state index in [2.05, 4.69) is 28.8 Å². The maximum atomic E-state index is 9.17. The summed E-state index contributed by atoms with van der Waals surface area (Å²) in [6, 6.07) is 0.286. The molecule has 0 fully saturated rings. The van der Waals surface area contributed by atoms with Crippen LogP contribution in [0.1, 0.15) is 26.1 Å². The van der Waals surface area contributed by atoms with E-state index in [-0.39, 0.29) is 12.6 Å². The van der Waals surface area contributed by atoms with E-state index in [1.165, 1.54) is 0 Å². The minimum Gasteiger partial charge on any atom is -0.395 e. The van der Waals surface area contributed by atoms with Crippen LogP contribution in [0.3, 0.4) is 0 Å². The largest absolute Gasteiger partial charge is 0.395 e. The number of aliphatic hydroxyl groups is 1. The molecule has 1 aromatic heterocycles. The van der Waals surface area contributed by atoms with Crippen molar-refractivity contribution < 1.29 is 5.11 Å². The molecule has 1 rings (SSSR count). The monoisotopic (exact) mass is 253 g/mol. The van der Waals surface area contributed by atoms with Crippen molar-refractivity contribution >= 4 is 11.9 Å². The third kappa shape index (κ3) is 3.53. The molecule has 0 saturated carbocycles. The molecule has 18 heavy (non-hydrogen) atoms. The third-order valence-corrected chi connectivity index (χ3v) is 2.84. The summed E-state index contributed by atoms with van der Waals surface area (Å²) >= 11 is 0. The van der Waals surface area contributed by atoms with E-state index < -0.39 is 0 Å². The minimum atomic E-state index is 0.0897. The molecule has 1 N–H and O–H groups in total. The Labute approximate surface area is 109 Å². The molecule has 1 atom stereocenters. The second-order valence-electron chi connectivity index (χ2n) is 4.55. The van der Waals surface area contributed by atoms with Gasteiger partial charge in [-0.25, -0.2) is 0 Å². The van der Waals surface area contributed by atoms with Crippen LogP contribution in [0.4, 0.5) is 11.9 Å². The Morgan fingerprint density at radius 2 is 1.78 bits per heavy atom. The number of nitrogens with zero attached hydrogens (tertiary/aromatic N) is 5. The van der Waals surface area contributed by atoms with Crippen LogP contribution < -0.4 is 9.80 Å². The highest BCUT2D eigenvalue weighted by Crippen LogP contribution is 2.16. The summed E-state index contributed by atoms with van der Waals surface area (Å²) in [4.78, 5) is 17.0. The Hall–Kier alpha value is -1.43. The lowest BCUT2D eigenvalue weighted by molar-refractivity contribution is 0.296. The second-order valence-corrected chi connectivity index (χ2v) is 4.55. The van der Waals surface area contributed by atoms with E-state index in [4.69, 9.17) is 5.11 Å². The Kier molecular flexibility index (Phi) is 5.27. The Morgan fingerprint density at radius 1 is 1.17 bits per heavy atom. The van der Waals surface area contributed by atoms with Gasteiger partial charge < -0.3 is 14.9 Å². The first kappa shape index (κ1) is 14.6. The van der Waals surface area contributed by atoms with Crippen molar-refractivity contribution in [2.45, 2.75) is 33.2 Å². The average molecular weight is 253 g/mol. The number of aromatic nitrogens is 3. The molecule has 102 valence electrons. The number of rotatable bonds is 6. The summed E-state index contributed by atoms with van der Waals surface area (Å²) in [6.07, 6.45) is 0.974. The summed E-state index contributed by atoms with van der Waals surface area (Å²) in [7, 11) is 3.80. The zero-order chi connectivity index (χ0) is 13.7. The standard InChI is InChI=1S/C12H23N5O/c1-6-9(2)17(7-8-18)12-14-10(3)13-11(15-12)16(4)5/h9,18H,6-8H2,1-5H3/t9-/m1/s1. The predicted octanol–water partition coefficient (Wildman–Crippen LogP) is 0.843. The van der Waals surface area contributed by atoms with E-state index >= 15 is 0 Å². The van der Waals surface area contributed by atoms with Gasteiger partial charge in [0.2, 0.25) is 11.9 Å². The summed E-state index contributed by atoms with van der Waals surface area (Å²) in [6.45, 7) is 6.68. The van der Waals surface area contributed by atoms with Gasteiger partial charge in [-0.15, -0.1) is 0 Å². The minimum absolute atomic E-state index is 0.0897. The van der Waals surface area contributed by atoms with Crippen molar-refractivity contribution in [2.24, 2.45) is 0 Å². The SMILES string of the molecule is CC[C@@H](C)N(CCO)c1nc(C)nc(N(C)C)n1. The van der Waals surface area contributed by atoms with Crippen molar-refractivity contribution in [2.75, 3.05) is 37.0 Å². The van der Waals surface area contributed by atoms with Crippen molar-refractivity contribution in [1.82, 2.24) is 15.0 Å². The van der Waals surface area contributed by atoms with Crippen LogP contribution in [0.2, 0.25) is 0 Å². The highest BCUT2D eigenvalue weighted by atomic mass is 16.3. The van der Waals surface area contributed by atoms with Crippen LogP contribution in [0.5, 0.6) is 0 Å². The lowest BCUT2D eigenvalue weighted by Gasteiger charge is -2.28. The van der Waals surface area contributed by atoms with Gasteiger partial charge >= 0.3 is 0 Å². The van der Waals surface area contributed by atoms with Gasteiger partial charge in [-0.3, -0.25) is 0 Å². The van der Waals surface area contributed by atoms with Crippen LogP contribution in [0.15, 0.2) is 0 Å². The second kappa shape index (κ2) is 6.49. The molecule has 0 radical (unpaired) electrons. The molecule has 0 bridgehead atoms. The first-order chi connectivity index (χ1) is 8.49. The fraction of sp³-hybridized carbons (Fsp3) is 0.750. The maximum absolute atomic E-state index is 9.17. The smallest absolute Gasteiger partial charge is 0.230 e. The first-order valence-electron chi connectivity index (χ1n) is 6.27. The zero-order valence-corrected chi connectivity index (χ0v) is 11.9. The summed E-state index contributed by atoms with van der Waals surface area (Å²) in [5.41, 5.74) is 0. The van der Waals surface area contributed by atoms with E-state index in [9.17, 15) is 0 Å². The molecular formula is C12H23N5O. The molecular weight excluding hydrogens is 230 g/mol. The summed E-state index contributed by atoms with van der Waals surface area (Å²) in [5, 5.41) is 9.17. The summed E-state index contributed by atoms with van der Waals surface area (Å²) in [5.74, 6) is 1.97. The topological polar surface area (TPSA) is 65.4 Å². The summed E-state index contributed by atoms with van der Waals surface area (Å²) < 4.78 is 0. The molecule has 0 aromatic carbocycles. The fourth-order valence-electron chi connectivity index (χ4n) is 1.63. The van der Waals surface area contributed by atoms with Gasteiger partial charge in [-0.2, -0.15) is 15.0 Å². The number of hydrogen-bond donors (Lipinski definition) is 1. The normalized spacial score (nSPS) is 12.3. The van der Waals surface area contributed by atoms with Crippen LogP contribution in [0, 0.1) is 6.92 Å². The fourth-order valence-corrected chi connectivity index (χ4v) is 1.63. The Balaban J connectivity index is 3.10. The molecule has 6 heteroatoms. The molecule has 6 nitrogen and oxygen atoms in total. The van der Waals surface area contributed by atoms with Gasteiger partial charge in [-0.1, -0.05) is 6.92 Å². The molecule has 0 spiro atoms. The van der Waals surface area contributed by atoms with E-state index in [1.807, 2.05) is 30.8 Å². The molecule has 0 aliphatic carbocycles. The quantitative estimate of drug-likeness (QED) is 0.810. The van der Waals surface area contributed by atoms with E-state index in [1.54, 1.807) is 0 Å². The van der Waals surface area contributed by atoms with Crippen LogP contribution >= 0.6 is 0 Å². The van der Waals surface area contributed by atoms with Gasteiger partial charge in [0.15, 0.2) is 0 Å². The lowest BCUT2D eigenvalue weighted by atomic mass is 10.2. The Bertz CT molecular complexity index is 383. The first-order valence-corrected chi connectivity index (χ1v) is 6.27. The molecule has 0 unspecified atom stereocenters. The Morgan fingerprint density at radius 3 is 2.28 bits per heavy atom. The van der Waals surface area contributed by atoms with Crippen molar-refractivity contribution in [1.29, 1.82) is 0 Å². The van der Waals surface area contributed by atoms with Crippen molar-refractivity contribution in [3.63, 3.8) is 0 Å². The van der Waals surface area contributed by atoms with Gasteiger partial charge in [-0.05, 0) is 20.3 Å². The third-order valence-electron chi connectivity index (χ3n) is 2.84. The van der Waals surface area contributed by atoms with Gasteiger partial charge in [0.05, 0.1) is 6.61 Å². The molecule has 1 aromatic rings. The van der Waals surface area contributed by atoms with E-state index in [0.717, 1.165) is 6.42 Å². The van der Waals surface area contributed by atoms with Gasteiger partial charge in [0.25, 0.3) is 0 Å². The van der Waals surface area contributed by atoms with Crippen molar-refractivity contribution in [3.05, 3.63) is 5.82 Å². The molecule has 1 heterocycles. The maximum Gasteiger partial charge on any atom is 0.230 e. The van der Waals surface area contributed by atoms with Crippen LogP contribution in [-0.2, 0) is 0 Å². The predicted molar refractivity (Wildman–Crippen MR) is 73.1 cm³/mol. The van der Waals surface area contributed by atoms with Gasteiger partial charge in [0.1, 0.15) is 5.82 Å². The molecule has 0 saturated heterocycles. The van der Waals surface area contributed by atoms with E-state index in [0.29, 0.717) is 24.3 Å². The average Bonchev–Trinajstić information content (AvgIpc) is 2.34.